The molecule has 0 spiro atoms. The Hall–Kier alpha value is -1.15. The lowest BCUT2D eigenvalue weighted by molar-refractivity contribution is -0.140. The summed E-state index contributed by atoms with van der Waals surface area (Å²) in [5.74, 6) is -0.412. The van der Waals surface area contributed by atoms with Gasteiger partial charge >= 0.3 is 5.97 Å². The first-order valence-electron chi connectivity index (χ1n) is 7.23. The van der Waals surface area contributed by atoms with E-state index in [4.69, 9.17) is 0 Å². The molecule has 7 nitrogen and oxygen atoms in total. The van der Waals surface area contributed by atoms with Gasteiger partial charge in [0.2, 0.25) is 15.9 Å². The number of hydrogen-bond donors (Lipinski definition) is 0. The highest BCUT2D eigenvalue weighted by atomic mass is 32.2. The molecule has 0 saturated carbocycles. The summed E-state index contributed by atoms with van der Waals surface area (Å²) >= 11 is 0. The molecule has 0 bridgehead atoms. The quantitative estimate of drug-likeness (QED) is 0.653. The van der Waals surface area contributed by atoms with E-state index in [1.165, 1.54) is 11.4 Å². The van der Waals surface area contributed by atoms with Crippen LogP contribution in [0.15, 0.2) is 0 Å². The third-order valence-electron chi connectivity index (χ3n) is 3.51. The van der Waals surface area contributed by atoms with Gasteiger partial charge in [-0.1, -0.05) is 6.92 Å². The van der Waals surface area contributed by atoms with Crippen LogP contribution in [0.4, 0.5) is 0 Å². The van der Waals surface area contributed by atoms with E-state index in [1.807, 2.05) is 0 Å². The summed E-state index contributed by atoms with van der Waals surface area (Å²) in [5.41, 5.74) is 0. The van der Waals surface area contributed by atoms with Crippen LogP contribution in [0.2, 0.25) is 0 Å². The second kappa shape index (κ2) is 8.33. The molecule has 0 aromatic rings. The Kier molecular flexibility index (Phi) is 7.10. The summed E-state index contributed by atoms with van der Waals surface area (Å²) in [7, 11) is -2.10. The number of sulfonamides is 1. The largest absolute Gasteiger partial charge is 0.469 e. The lowest BCUT2D eigenvalue weighted by atomic mass is 10.3. The molecule has 21 heavy (non-hydrogen) atoms. The molecule has 1 fully saturated rings. The average Bonchev–Trinajstić information content (AvgIpc) is 2.72. The molecule has 0 aromatic heterocycles. The standard InChI is InChI=1S/C13H24N2O5S/c1-3-12(16)14-7-5-8-15(10-9-14)21(18,19)11-4-6-13(17)20-2/h3-11H2,1-2H3. The predicted octanol–water partition coefficient (Wildman–Crippen LogP) is 0.214. The van der Waals surface area contributed by atoms with Crippen LogP contribution < -0.4 is 0 Å². The summed E-state index contributed by atoms with van der Waals surface area (Å²) in [5, 5.41) is 0. The van der Waals surface area contributed by atoms with Gasteiger partial charge in [-0.15, -0.1) is 0 Å². The molecule has 1 amide bonds. The van der Waals surface area contributed by atoms with Crippen molar-refractivity contribution in [3.63, 3.8) is 0 Å². The maximum absolute atomic E-state index is 12.2. The van der Waals surface area contributed by atoms with E-state index in [2.05, 4.69) is 4.74 Å². The highest BCUT2D eigenvalue weighted by molar-refractivity contribution is 7.89. The highest BCUT2D eigenvalue weighted by Crippen LogP contribution is 2.11. The first-order chi connectivity index (χ1) is 9.90. The molecule has 1 aliphatic rings. The monoisotopic (exact) mass is 320 g/mol. The molecule has 1 aliphatic heterocycles. The molecule has 0 N–H and O–H groups in total. The van der Waals surface area contributed by atoms with Gasteiger partial charge in [-0.3, -0.25) is 9.59 Å². The number of rotatable bonds is 6. The number of methoxy groups -OCH3 is 1. The van der Waals surface area contributed by atoms with Gasteiger partial charge < -0.3 is 9.64 Å². The van der Waals surface area contributed by atoms with Gasteiger partial charge in [0.1, 0.15) is 0 Å². The van der Waals surface area contributed by atoms with Crippen LogP contribution in [0.1, 0.15) is 32.6 Å². The Morgan fingerprint density at radius 1 is 1.14 bits per heavy atom. The molecule has 1 saturated heterocycles. The molecular formula is C13H24N2O5S. The lowest BCUT2D eigenvalue weighted by Crippen LogP contribution is -2.38. The van der Waals surface area contributed by atoms with E-state index in [0.717, 1.165) is 0 Å². The fourth-order valence-corrected chi connectivity index (χ4v) is 3.81. The van der Waals surface area contributed by atoms with E-state index in [9.17, 15) is 18.0 Å². The van der Waals surface area contributed by atoms with Crippen LogP contribution in [0, 0.1) is 0 Å². The third kappa shape index (κ3) is 5.62. The predicted molar refractivity (Wildman–Crippen MR) is 78.1 cm³/mol. The normalized spacial score (nSPS) is 17.3. The van der Waals surface area contributed by atoms with Crippen molar-refractivity contribution in [1.82, 2.24) is 9.21 Å². The number of esters is 1. The zero-order valence-corrected chi connectivity index (χ0v) is 13.5. The zero-order chi connectivity index (χ0) is 15.9. The van der Waals surface area contributed by atoms with Gasteiger partial charge in [0.15, 0.2) is 0 Å². The van der Waals surface area contributed by atoms with E-state index in [0.29, 0.717) is 39.0 Å². The fraction of sp³-hybridized carbons (Fsp3) is 0.846. The Morgan fingerprint density at radius 2 is 1.86 bits per heavy atom. The first-order valence-corrected chi connectivity index (χ1v) is 8.84. The van der Waals surface area contributed by atoms with E-state index >= 15 is 0 Å². The molecule has 122 valence electrons. The maximum atomic E-state index is 12.2. The van der Waals surface area contributed by atoms with E-state index in [1.54, 1.807) is 11.8 Å². The van der Waals surface area contributed by atoms with Crippen molar-refractivity contribution in [2.45, 2.75) is 32.6 Å². The van der Waals surface area contributed by atoms with Crippen LogP contribution in [-0.2, 0) is 24.3 Å². The summed E-state index contributed by atoms with van der Waals surface area (Å²) in [6.45, 7) is 3.58. The zero-order valence-electron chi connectivity index (χ0n) is 12.7. The molecule has 0 atom stereocenters. The molecule has 8 heteroatoms. The second-order valence-electron chi connectivity index (χ2n) is 4.98. The van der Waals surface area contributed by atoms with Gasteiger partial charge in [0.05, 0.1) is 12.9 Å². The van der Waals surface area contributed by atoms with Gasteiger partial charge in [-0.05, 0) is 12.8 Å². The Labute approximate surface area is 126 Å². The van der Waals surface area contributed by atoms with Gasteiger partial charge in [0.25, 0.3) is 0 Å². The summed E-state index contributed by atoms with van der Waals surface area (Å²) in [6.07, 6.45) is 1.43. The SMILES string of the molecule is CCC(=O)N1CCCN(S(=O)(=O)CCCC(=O)OC)CC1. The minimum absolute atomic E-state index is 0.0555. The Morgan fingerprint density at radius 3 is 2.48 bits per heavy atom. The van der Waals surface area contributed by atoms with E-state index in [-0.39, 0.29) is 24.5 Å². The number of hydrogen-bond acceptors (Lipinski definition) is 5. The van der Waals surface area contributed by atoms with Crippen molar-refractivity contribution in [3.05, 3.63) is 0 Å². The van der Waals surface area contributed by atoms with Crippen molar-refractivity contribution >= 4 is 21.9 Å². The van der Waals surface area contributed by atoms with E-state index < -0.39 is 16.0 Å². The molecule has 0 radical (unpaired) electrons. The van der Waals surface area contributed by atoms with Crippen molar-refractivity contribution in [2.75, 3.05) is 39.0 Å². The molecule has 0 unspecified atom stereocenters. The highest BCUT2D eigenvalue weighted by Gasteiger charge is 2.26. The van der Waals surface area contributed by atoms with Crippen LogP contribution in [0.5, 0.6) is 0 Å². The van der Waals surface area contributed by atoms with Gasteiger partial charge in [-0.2, -0.15) is 0 Å². The van der Waals surface area contributed by atoms with Crippen LogP contribution in [0.25, 0.3) is 0 Å². The second-order valence-corrected chi connectivity index (χ2v) is 7.07. The molecule has 1 heterocycles. The lowest BCUT2D eigenvalue weighted by Gasteiger charge is -2.21. The molecule has 1 rings (SSSR count). The van der Waals surface area contributed by atoms with Crippen LogP contribution >= 0.6 is 0 Å². The maximum Gasteiger partial charge on any atom is 0.305 e. The Balaban J connectivity index is 2.51. The summed E-state index contributed by atoms with van der Waals surface area (Å²) < 4.78 is 30.4. The number of nitrogens with zero attached hydrogens (tertiary/aromatic N) is 2. The molecular weight excluding hydrogens is 296 g/mol. The fourth-order valence-electron chi connectivity index (χ4n) is 2.28. The smallest absolute Gasteiger partial charge is 0.305 e. The van der Waals surface area contributed by atoms with Crippen molar-refractivity contribution in [3.8, 4) is 0 Å². The van der Waals surface area contributed by atoms with Crippen molar-refractivity contribution in [1.29, 1.82) is 0 Å². The van der Waals surface area contributed by atoms with Crippen molar-refractivity contribution < 1.29 is 22.7 Å². The number of carbonyl (C=O) groups is 2. The number of ether oxygens (including phenoxy) is 1. The minimum Gasteiger partial charge on any atom is -0.469 e. The number of amides is 1. The van der Waals surface area contributed by atoms with Crippen LogP contribution in [-0.4, -0.2) is 68.5 Å². The minimum atomic E-state index is -3.38. The summed E-state index contributed by atoms with van der Waals surface area (Å²) in [6, 6.07) is 0. The van der Waals surface area contributed by atoms with Gasteiger partial charge in [-0.25, -0.2) is 12.7 Å². The number of carbonyl (C=O) groups excluding carboxylic acids is 2. The Bertz CT molecular complexity index is 463. The molecule has 0 aromatic carbocycles. The average molecular weight is 320 g/mol. The third-order valence-corrected chi connectivity index (χ3v) is 5.47. The summed E-state index contributed by atoms with van der Waals surface area (Å²) in [4.78, 5) is 24.4. The first kappa shape index (κ1) is 17.9. The van der Waals surface area contributed by atoms with Crippen molar-refractivity contribution in [2.24, 2.45) is 0 Å². The van der Waals surface area contributed by atoms with Crippen LogP contribution in [0.3, 0.4) is 0 Å². The topological polar surface area (TPSA) is 84.0 Å². The molecule has 0 aliphatic carbocycles. The van der Waals surface area contributed by atoms with Gasteiger partial charge in [0, 0.05) is 39.0 Å².